The smallest absolute Gasteiger partial charge is 0.243 e. The molecule has 5 rings (SSSR count). The number of carbonyl (C=O) groups is 3. The normalized spacial score (nSPS) is 19.4. The van der Waals surface area contributed by atoms with E-state index in [2.05, 4.69) is 20.8 Å². The van der Waals surface area contributed by atoms with Gasteiger partial charge in [-0.15, -0.1) is 0 Å². The molecule has 0 fully saturated rings. The molecule has 3 amide bonds. The summed E-state index contributed by atoms with van der Waals surface area (Å²) in [7, 11) is 0. The number of para-hydroxylation sites is 1. The first-order valence-electron chi connectivity index (χ1n) is 9.65. The Morgan fingerprint density at radius 2 is 1.83 bits per heavy atom. The number of H-pyrrole nitrogens is 1. The van der Waals surface area contributed by atoms with Gasteiger partial charge in [0.05, 0.1) is 6.20 Å². The summed E-state index contributed by atoms with van der Waals surface area (Å²) in [5.74, 6) is -0.419. The molecule has 0 bridgehead atoms. The third kappa shape index (κ3) is 2.68. The van der Waals surface area contributed by atoms with Crippen LogP contribution in [0.3, 0.4) is 0 Å². The fraction of sp³-hybridized carbons (Fsp3) is 0.182. The maximum absolute atomic E-state index is 13.7. The van der Waals surface area contributed by atoms with E-state index in [1.54, 1.807) is 12.3 Å². The Balaban J connectivity index is 1.46. The topological polar surface area (TPSA) is 107 Å². The molecule has 3 N–H and O–H groups in total. The summed E-state index contributed by atoms with van der Waals surface area (Å²) in [6.45, 7) is 0.252. The second-order valence-corrected chi connectivity index (χ2v) is 7.46. The Kier molecular flexibility index (Phi) is 4.13. The summed E-state index contributed by atoms with van der Waals surface area (Å²) in [4.78, 5) is 40.2. The van der Waals surface area contributed by atoms with Crippen molar-refractivity contribution in [1.82, 2.24) is 15.5 Å². The number of rotatable bonds is 4. The minimum atomic E-state index is -1.18. The van der Waals surface area contributed by atoms with Crippen LogP contribution in [0.5, 0.6) is 0 Å². The highest BCUT2D eigenvalue weighted by Gasteiger charge is 2.56. The fourth-order valence-electron chi connectivity index (χ4n) is 4.33. The monoisotopic (exact) mass is 401 g/mol. The molecule has 8 heteroatoms. The van der Waals surface area contributed by atoms with Gasteiger partial charge in [0.1, 0.15) is 17.8 Å². The molecule has 3 heterocycles. The van der Waals surface area contributed by atoms with E-state index >= 15 is 0 Å². The lowest BCUT2D eigenvalue weighted by molar-refractivity contribution is -0.128. The molecule has 150 valence electrons. The number of nitrogens with zero attached hydrogens (tertiary/aromatic N) is 2. The molecule has 2 aliphatic rings. The van der Waals surface area contributed by atoms with Gasteiger partial charge in [0.2, 0.25) is 17.7 Å². The van der Waals surface area contributed by atoms with Crippen molar-refractivity contribution in [1.29, 1.82) is 0 Å². The van der Waals surface area contributed by atoms with Crippen LogP contribution in [0.15, 0.2) is 60.8 Å². The van der Waals surface area contributed by atoms with E-state index in [4.69, 9.17) is 0 Å². The zero-order valence-corrected chi connectivity index (χ0v) is 16.0. The molecule has 3 aromatic rings. The quantitative estimate of drug-likeness (QED) is 0.618. The van der Waals surface area contributed by atoms with E-state index in [1.807, 2.05) is 48.5 Å². The zero-order valence-electron chi connectivity index (χ0n) is 16.0. The van der Waals surface area contributed by atoms with Gasteiger partial charge in [0, 0.05) is 24.2 Å². The second kappa shape index (κ2) is 6.84. The molecular weight excluding hydrogens is 382 g/mol. The number of carbonyl (C=O) groups excluding carboxylic acids is 3. The summed E-state index contributed by atoms with van der Waals surface area (Å²) in [5.41, 5.74) is 1.76. The van der Waals surface area contributed by atoms with Crippen LogP contribution in [0.25, 0.3) is 0 Å². The van der Waals surface area contributed by atoms with Crippen LogP contribution in [0.2, 0.25) is 0 Å². The fourth-order valence-corrected chi connectivity index (χ4v) is 4.33. The molecule has 0 radical (unpaired) electrons. The first-order valence-corrected chi connectivity index (χ1v) is 9.65. The van der Waals surface area contributed by atoms with Crippen molar-refractivity contribution in [3.8, 4) is 0 Å². The number of anilines is 2. The summed E-state index contributed by atoms with van der Waals surface area (Å²) >= 11 is 0. The number of hydrogen-bond acceptors (Lipinski definition) is 4. The van der Waals surface area contributed by atoms with Gasteiger partial charge in [0.15, 0.2) is 0 Å². The molecule has 1 spiro atoms. The van der Waals surface area contributed by atoms with Gasteiger partial charge in [-0.2, -0.15) is 5.10 Å². The summed E-state index contributed by atoms with van der Waals surface area (Å²) < 4.78 is 0. The molecule has 2 aromatic carbocycles. The lowest BCUT2D eigenvalue weighted by Gasteiger charge is -2.31. The zero-order chi connectivity index (χ0) is 20.7. The minimum absolute atomic E-state index is 0.0302. The Bertz CT molecular complexity index is 1160. The average molecular weight is 401 g/mol. The van der Waals surface area contributed by atoms with E-state index < -0.39 is 5.41 Å². The van der Waals surface area contributed by atoms with Crippen LogP contribution in [0, 0.1) is 0 Å². The van der Waals surface area contributed by atoms with E-state index in [9.17, 15) is 14.4 Å². The number of fused-ring (bicyclic) bond motifs is 4. The second-order valence-electron chi connectivity index (χ2n) is 7.46. The van der Waals surface area contributed by atoms with Crippen LogP contribution in [-0.2, 0) is 26.3 Å². The number of aromatic amines is 1. The molecule has 0 saturated carbocycles. The summed E-state index contributed by atoms with van der Waals surface area (Å²) in [5, 5.41) is 12.4. The Hall–Kier alpha value is -3.94. The van der Waals surface area contributed by atoms with E-state index in [-0.39, 0.29) is 30.7 Å². The van der Waals surface area contributed by atoms with Gasteiger partial charge in [-0.05, 0) is 17.2 Å². The van der Waals surface area contributed by atoms with Gasteiger partial charge in [-0.25, -0.2) is 0 Å². The predicted octanol–water partition coefficient (Wildman–Crippen LogP) is 1.70. The van der Waals surface area contributed by atoms with Crippen molar-refractivity contribution in [3.63, 3.8) is 0 Å². The molecule has 0 unspecified atom stereocenters. The minimum Gasteiger partial charge on any atom is -0.350 e. The Morgan fingerprint density at radius 3 is 2.67 bits per heavy atom. The molecule has 30 heavy (non-hydrogen) atoms. The average Bonchev–Trinajstić information content (AvgIpc) is 3.32. The third-order valence-electron chi connectivity index (χ3n) is 5.69. The lowest BCUT2D eigenvalue weighted by atomic mass is 9.72. The lowest BCUT2D eigenvalue weighted by Crippen LogP contribution is -2.48. The molecule has 2 aliphatic heterocycles. The Morgan fingerprint density at radius 1 is 1.07 bits per heavy atom. The largest absolute Gasteiger partial charge is 0.350 e. The first-order chi connectivity index (χ1) is 14.6. The highest BCUT2D eigenvalue weighted by molar-refractivity contribution is 6.17. The van der Waals surface area contributed by atoms with Crippen molar-refractivity contribution < 1.29 is 14.4 Å². The van der Waals surface area contributed by atoms with Crippen molar-refractivity contribution in [2.45, 2.75) is 18.4 Å². The van der Waals surface area contributed by atoms with Crippen LogP contribution < -0.4 is 15.5 Å². The molecule has 1 aromatic heterocycles. The summed E-state index contributed by atoms with van der Waals surface area (Å²) in [6, 6.07) is 16.9. The van der Waals surface area contributed by atoms with Gasteiger partial charge in [-0.1, -0.05) is 48.5 Å². The highest BCUT2D eigenvalue weighted by Crippen LogP contribution is 2.51. The van der Waals surface area contributed by atoms with Crippen LogP contribution in [0.4, 0.5) is 11.5 Å². The molecule has 0 saturated heterocycles. The first kappa shape index (κ1) is 18.1. The Labute approximate surface area is 172 Å². The van der Waals surface area contributed by atoms with Gasteiger partial charge >= 0.3 is 0 Å². The van der Waals surface area contributed by atoms with Gasteiger partial charge in [0.25, 0.3) is 0 Å². The molecule has 0 aliphatic carbocycles. The van der Waals surface area contributed by atoms with E-state index in [0.717, 1.165) is 5.56 Å². The number of nitrogens with one attached hydrogen (secondary N) is 3. The molecular formula is C22H19N5O3. The third-order valence-corrected chi connectivity index (χ3v) is 5.69. The maximum atomic E-state index is 13.7. The molecule has 8 nitrogen and oxygen atoms in total. The predicted molar refractivity (Wildman–Crippen MR) is 110 cm³/mol. The van der Waals surface area contributed by atoms with Crippen molar-refractivity contribution in [2.24, 2.45) is 0 Å². The van der Waals surface area contributed by atoms with Crippen molar-refractivity contribution in [2.75, 3.05) is 16.8 Å². The van der Waals surface area contributed by atoms with E-state index in [1.165, 1.54) is 4.90 Å². The van der Waals surface area contributed by atoms with Crippen LogP contribution in [-0.4, -0.2) is 34.5 Å². The molecule has 1 atom stereocenters. The number of benzene rings is 2. The highest BCUT2D eigenvalue weighted by atomic mass is 16.2. The number of amides is 3. The number of aromatic nitrogens is 2. The van der Waals surface area contributed by atoms with Crippen LogP contribution in [0.1, 0.15) is 23.1 Å². The van der Waals surface area contributed by atoms with E-state index in [0.29, 0.717) is 29.2 Å². The summed E-state index contributed by atoms with van der Waals surface area (Å²) in [6.07, 6.45) is 1.54. The van der Waals surface area contributed by atoms with Crippen molar-refractivity contribution >= 4 is 29.2 Å². The van der Waals surface area contributed by atoms with Crippen LogP contribution >= 0.6 is 0 Å². The maximum Gasteiger partial charge on any atom is 0.243 e. The SMILES string of the molecule is O=C(CN1C(=O)[C@@]2(CC(=O)Nc3[nH]ncc32)c2ccccc21)NCc1ccccc1. The van der Waals surface area contributed by atoms with Gasteiger partial charge < -0.3 is 15.5 Å². The van der Waals surface area contributed by atoms with Crippen molar-refractivity contribution in [3.05, 3.63) is 77.5 Å². The number of hydrogen-bond donors (Lipinski definition) is 3. The standard InChI is InChI=1S/C22H19N5O3/c28-18-10-22(16-12-24-26-20(16)25-18)15-8-4-5-9-17(15)27(21(22)30)13-19(29)23-11-14-6-2-1-3-7-14/h1-9,12H,10-11,13H2,(H,23,29)(H2,24,25,26,28)/t22-/m0/s1. The van der Waals surface area contributed by atoms with Gasteiger partial charge in [-0.3, -0.25) is 19.5 Å².